The lowest BCUT2D eigenvalue weighted by atomic mass is 9.87. The van der Waals surface area contributed by atoms with Crippen LogP contribution in [0.15, 0.2) is 0 Å². The summed E-state index contributed by atoms with van der Waals surface area (Å²) in [7, 11) is 0. The smallest absolute Gasteiger partial charge is 0.356 e. The van der Waals surface area contributed by atoms with E-state index in [1.165, 1.54) is 0 Å². The van der Waals surface area contributed by atoms with Crippen molar-refractivity contribution in [2.75, 3.05) is 13.1 Å². The van der Waals surface area contributed by atoms with E-state index in [2.05, 4.69) is 16.0 Å². The Bertz CT molecular complexity index is 531. The molecule has 0 aromatic rings. The molecule has 3 N–H and O–H groups in total. The second-order valence-electron chi connectivity index (χ2n) is 6.40. The molecule has 4 atom stereocenters. The van der Waals surface area contributed by atoms with Crippen molar-refractivity contribution in [3.05, 3.63) is 0 Å². The number of rotatable bonds is 4. The van der Waals surface area contributed by atoms with E-state index in [1.807, 2.05) is 6.07 Å². The number of alkyl halides is 3. The first-order valence-electron chi connectivity index (χ1n) is 7.44. The second-order valence-corrected chi connectivity index (χ2v) is 6.40. The molecule has 6 nitrogen and oxygen atoms in total. The largest absolute Gasteiger partial charge is 0.395 e. The number of halogens is 3. The van der Waals surface area contributed by atoms with Crippen LogP contribution in [0.5, 0.6) is 0 Å². The normalized spacial score (nSPS) is 32.2. The fourth-order valence-corrected chi connectivity index (χ4v) is 2.92. The van der Waals surface area contributed by atoms with Crippen LogP contribution in [0.2, 0.25) is 0 Å². The van der Waals surface area contributed by atoms with E-state index in [0.717, 1.165) is 6.92 Å². The first-order chi connectivity index (χ1) is 10.7. The van der Waals surface area contributed by atoms with Crippen molar-refractivity contribution in [1.29, 1.82) is 5.26 Å². The zero-order valence-electron chi connectivity index (χ0n) is 12.7. The van der Waals surface area contributed by atoms with Crippen molar-refractivity contribution >= 4 is 11.8 Å². The first-order valence-corrected chi connectivity index (χ1v) is 7.44. The van der Waals surface area contributed by atoms with E-state index < -0.39 is 29.6 Å². The van der Waals surface area contributed by atoms with E-state index in [4.69, 9.17) is 5.26 Å². The highest BCUT2D eigenvalue weighted by Gasteiger charge is 2.56. The summed E-state index contributed by atoms with van der Waals surface area (Å²) in [6.07, 6.45) is -4.02. The zero-order valence-corrected chi connectivity index (χ0v) is 12.7. The third-order valence-corrected chi connectivity index (χ3v) is 4.55. The summed E-state index contributed by atoms with van der Waals surface area (Å²) in [6.45, 7) is 1.26. The third kappa shape index (κ3) is 3.75. The number of nitriles is 1. The summed E-state index contributed by atoms with van der Waals surface area (Å²) in [5, 5.41) is 16.7. The van der Waals surface area contributed by atoms with Gasteiger partial charge in [0.05, 0.1) is 17.5 Å². The maximum absolute atomic E-state index is 13.0. The highest BCUT2D eigenvalue weighted by atomic mass is 19.4. The molecule has 0 aliphatic carbocycles. The Hall–Kier alpha value is -1.82. The molecule has 2 fully saturated rings. The number of nitrogens with zero attached hydrogens (tertiary/aromatic N) is 1. The van der Waals surface area contributed by atoms with Crippen LogP contribution in [0.1, 0.15) is 26.2 Å². The van der Waals surface area contributed by atoms with Gasteiger partial charge in [-0.25, -0.2) is 0 Å². The van der Waals surface area contributed by atoms with Gasteiger partial charge in [-0.3, -0.25) is 9.59 Å². The minimum atomic E-state index is -4.40. The molecule has 0 aromatic carbocycles. The predicted octanol–water partition coefficient (Wildman–Crippen LogP) is 0.451. The number of amides is 2. The van der Waals surface area contributed by atoms with Crippen LogP contribution in [-0.2, 0) is 9.59 Å². The maximum atomic E-state index is 13.0. The van der Waals surface area contributed by atoms with Crippen LogP contribution in [0, 0.1) is 22.7 Å². The average Bonchev–Trinajstić information content (AvgIpc) is 3.05. The second kappa shape index (κ2) is 6.35. The number of carbonyl (C=O) groups excluding carboxylic acids is 2. The van der Waals surface area contributed by atoms with Crippen molar-refractivity contribution in [2.24, 2.45) is 11.3 Å². The Morgan fingerprint density at radius 2 is 2.26 bits per heavy atom. The third-order valence-electron chi connectivity index (χ3n) is 4.55. The molecule has 0 unspecified atom stereocenters. The van der Waals surface area contributed by atoms with Gasteiger partial charge in [-0.2, -0.15) is 18.4 Å². The summed E-state index contributed by atoms with van der Waals surface area (Å²) in [4.78, 5) is 23.6. The monoisotopic (exact) mass is 332 g/mol. The van der Waals surface area contributed by atoms with Gasteiger partial charge in [-0.05, 0) is 26.2 Å². The summed E-state index contributed by atoms with van der Waals surface area (Å²) in [5.41, 5.74) is -1.96. The molecule has 2 aliphatic heterocycles. The SMILES string of the molecule is C[C@]1(C(F)(F)F)CN[C@H](C(=O)N[C@H](C#N)C[C@@H]2CCNC2=O)C1. The van der Waals surface area contributed by atoms with E-state index in [1.54, 1.807) is 0 Å². The predicted molar refractivity (Wildman–Crippen MR) is 73.8 cm³/mol. The molecule has 0 aromatic heterocycles. The van der Waals surface area contributed by atoms with E-state index in [0.29, 0.717) is 13.0 Å². The van der Waals surface area contributed by atoms with Crippen LogP contribution in [0.4, 0.5) is 13.2 Å². The molecular formula is C14H19F3N4O2. The number of hydrogen-bond donors (Lipinski definition) is 3. The molecule has 2 rings (SSSR count). The van der Waals surface area contributed by atoms with Gasteiger partial charge in [0.15, 0.2) is 0 Å². The minimum Gasteiger partial charge on any atom is -0.356 e. The van der Waals surface area contributed by atoms with E-state index in [9.17, 15) is 22.8 Å². The summed E-state index contributed by atoms with van der Waals surface area (Å²) >= 11 is 0. The zero-order chi connectivity index (χ0) is 17.3. The van der Waals surface area contributed by atoms with Crippen molar-refractivity contribution in [1.82, 2.24) is 16.0 Å². The minimum absolute atomic E-state index is 0.164. The van der Waals surface area contributed by atoms with Crippen LogP contribution >= 0.6 is 0 Å². The van der Waals surface area contributed by atoms with Crippen LogP contribution in [0.25, 0.3) is 0 Å². The van der Waals surface area contributed by atoms with Gasteiger partial charge in [0.1, 0.15) is 6.04 Å². The lowest BCUT2D eigenvalue weighted by Crippen LogP contribution is -2.45. The molecule has 2 heterocycles. The topological polar surface area (TPSA) is 94.0 Å². The van der Waals surface area contributed by atoms with Crippen LogP contribution in [0.3, 0.4) is 0 Å². The molecular weight excluding hydrogens is 313 g/mol. The molecule has 2 aliphatic rings. The van der Waals surface area contributed by atoms with Crippen LogP contribution in [-0.4, -0.2) is 43.2 Å². The molecule has 2 saturated heterocycles. The Morgan fingerprint density at radius 1 is 1.57 bits per heavy atom. The lowest BCUT2D eigenvalue weighted by Gasteiger charge is -2.26. The van der Waals surface area contributed by atoms with Gasteiger partial charge in [0.25, 0.3) is 0 Å². The number of carbonyl (C=O) groups is 2. The molecule has 0 bridgehead atoms. The van der Waals surface area contributed by atoms with Crippen molar-refractivity contribution < 1.29 is 22.8 Å². The molecule has 0 radical (unpaired) electrons. The average molecular weight is 332 g/mol. The Balaban J connectivity index is 1.91. The fourth-order valence-electron chi connectivity index (χ4n) is 2.92. The summed E-state index contributed by atoms with van der Waals surface area (Å²) in [5.74, 6) is -1.15. The van der Waals surface area contributed by atoms with Gasteiger partial charge in [0.2, 0.25) is 11.8 Å². The van der Waals surface area contributed by atoms with Crippen molar-refractivity contribution in [3.8, 4) is 6.07 Å². The number of nitrogens with one attached hydrogen (secondary N) is 3. The fraction of sp³-hybridized carbons (Fsp3) is 0.786. The van der Waals surface area contributed by atoms with Gasteiger partial charge in [0, 0.05) is 19.0 Å². The van der Waals surface area contributed by atoms with Crippen molar-refractivity contribution in [2.45, 2.75) is 44.4 Å². The quantitative estimate of drug-likeness (QED) is 0.697. The Labute approximate surface area is 131 Å². The molecule has 2 amide bonds. The molecule has 23 heavy (non-hydrogen) atoms. The van der Waals surface area contributed by atoms with Gasteiger partial charge in [-0.15, -0.1) is 0 Å². The first kappa shape index (κ1) is 17.5. The maximum Gasteiger partial charge on any atom is 0.395 e. The standard InChI is InChI=1S/C14H19F3N4O2/c1-13(14(15,16)17)5-10(20-7-13)12(23)21-9(6-18)4-8-2-3-19-11(8)22/h8-10,20H,2-5,7H2,1H3,(H,19,22)(H,21,23)/t8-,9-,10-,13+/m0/s1. The molecule has 9 heteroatoms. The number of hydrogen-bond acceptors (Lipinski definition) is 4. The Kier molecular flexibility index (Phi) is 4.84. The lowest BCUT2D eigenvalue weighted by molar-refractivity contribution is -0.211. The van der Waals surface area contributed by atoms with Gasteiger partial charge >= 0.3 is 6.18 Å². The van der Waals surface area contributed by atoms with Crippen molar-refractivity contribution in [3.63, 3.8) is 0 Å². The van der Waals surface area contributed by atoms with Crippen LogP contribution < -0.4 is 16.0 Å². The van der Waals surface area contributed by atoms with E-state index >= 15 is 0 Å². The van der Waals surface area contributed by atoms with E-state index in [-0.39, 0.29) is 31.2 Å². The highest BCUT2D eigenvalue weighted by molar-refractivity contribution is 5.83. The summed E-state index contributed by atoms with van der Waals surface area (Å²) in [6, 6.07) is 0.00935. The van der Waals surface area contributed by atoms with Gasteiger partial charge in [-0.1, -0.05) is 0 Å². The highest BCUT2D eigenvalue weighted by Crippen LogP contribution is 2.44. The summed E-state index contributed by atoms with van der Waals surface area (Å²) < 4.78 is 38.9. The molecule has 128 valence electrons. The Morgan fingerprint density at radius 3 is 2.74 bits per heavy atom. The molecule has 0 spiro atoms. The van der Waals surface area contributed by atoms with Gasteiger partial charge < -0.3 is 16.0 Å². The molecule has 0 saturated carbocycles.